The fourth-order valence-electron chi connectivity index (χ4n) is 28.6. The van der Waals surface area contributed by atoms with Crippen molar-refractivity contribution in [3.63, 3.8) is 0 Å². The first-order valence-corrected chi connectivity index (χ1v) is 50.6. The predicted molar refractivity (Wildman–Crippen MR) is 584 cm³/mol. The fourth-order valence-corrected chi connectivity index (χ4v) is 28.6. The lowest BCUT2D eigenvalue weighted by molar-refractivity contribution is -0.169. The first kappa shape index (κ1) is 68.6. The van der Waals surface area contributed by atoms with E-state index in [2.05, 4.69) is 153 Å². The molecule has 6 aliphatic heterocycles. The van der Waals surface area contributed by atoms with Gasteiger partial charge in [0, 0.05) is 178 Å². The van der Waals surface area contributed by atoms with Gasteiger partial charge in [0.1, 0.15) is 17.0 Å². The second-order valence-electron chi connectivity index (χ2n) is 45.1. The van der Waals surface area contributed by atoms with Gasteiger partial charge < -0.3 is 42.7 Å². The van der Waals surface area contributed by atoms with Crippen molar-refractivity contribution in [1.82, 2.24) is 9.97 Å². The van der Waals surface area contributed by atoms with Crippen LogP contribution in [0.3, 0.4) is 0 Å². The topological polar surface area (TPSA) is 84.6 Å². The summed E-state index contributed by atoms with van der Waals surface area (Å²) in [5, 5.41) is 5.46. The SMILES string of the molecule is [2H]C([2H])([2H])C1(C([2H])([2H])[2H])C(C)N(c2c(C)ccc3c2oc2ccccc23)C(C)(C)C1([2H])[2H].[2H]C([2H])([2H])C1(C([2H])([2H])[2H])C(C)N(c2c(C)ccc3c2oc2ncccc23)C(C)(C)C1([2H])[2H].[2H]C([2H])([2H])C1(C)c2ccccc2N(c2ccccc2C)C1C.[2H]C([2H])([2H])C1(C)c2cccnc2N(c2ccccc2C)C1C.[2H]C1([2H])C2(C(C)N(c3ccccc3C)C1(C)C)C1CC3CC4CC2C1(C3)C4.[2H]C1([2H])C2(CCCCC2)C(C)N(c2c(C)ccc3c2oc2ccccc23)C1(C)C. The zero-order chi connectivity index (χ0) is 120. The standard InChI is InChI=1S/C25H31NO.C24H33N.C22H27NO.C21H26N2O.C18H21N.C17H20N2/c1-17-12-13-20-19-10-6-7-11-21(19)27-23(20)22(17)26-18(2)25(16-24(26,3)4)14-8-5-9-15-25;1-15-7-5-6-8-19(15)25-16(2)24(14-22(25,3)4)20-10-17-9-18-11-21(24)23(20,12-17)13-18;1-14-11-12-17-16-9-7-8-10-18(16)24-20(17)19(14)23-15(2)21(3,4)13-22(23,5)6;1-13-9-10-15-16-8-7-11-22-19(16)24-18(15)17(13)23-14(2)20(3,4)12-21(23,5)6;1-13-9-5-7-11-16(13)19-14(2)18(3,4)15-10-6-8-12-17(15)19;1-12-8-5-6-10-15(12)19-13(2)17(3,4)14-9-7-11-18-16(14)19/h6-7,10-13,18H,5,8-9,14-16H2,1-4H3;5-8,16-18,20-21H,9-14H2,1-4H3;7-12,15H,13H2,1-6H3;7-11,14H,12H2,1-6H3;5-12,14H,1-4H3;5-11,13H,1-4H3/i16D2;14D2;3D3,4D3,13D2;3D3,4D3,12D2;2*3D3. The lowest BCUT2D eigenvalue weighted by Crippen LogP contribution is -2.64. The molecule has 0 N–H and O–H groups in total. The van der Waals surface area contributed by atoms with Gasteiger partial charge in [-0.05, 0) is 353 Å². The molecule has 11 aliphatic rings. The molecule has 3 bridgehead atoms. The number of nitrogens with zero attached hydrogens (tertiary/aromatic N) is 8. The number of benzene rings is 9. The molecule has 3 spiro atoms. The van der Waals surface area contributed by atoms with Crippen molar-refractivity contribution < 1.29 is 48.9 Å². The van der Waals surface area contributed by atoms with Gasteiger partial charge in [-0.2, -0.15) is 0 Å². The van der Waals surface area contributed by atoms with E-state index in [-0.39, 0.29) is 35.0 Å². The number of anilines is 8. The third-order valence-electron chi connectivity index (χ3n) is 34.8. The van der Waals surface area contributed by atoms with Crippen LogP contribution in [-0.4, -0.2) is 68.4 Å². The lowest BCUT2D eigenvalue weighted by Gasteiger charge is -2.66. The summed E-state index contributed by atoms with van der Waals surface area (Å²) in [5.74, 6) is 3.73. The Balaban J connectivity index is 0.000000117. The van der Waals surface area contributed by atoms with Gasteiger partial charge in [0.2, 0.25) is 5.71 Å². The van der Waals surface area contributed by atoms with Crippen molar-refractivity contribution in [2.24, 2.45) is 50.7 Å². The molecule has 0 amide bonds. The zero-order valence-corrected chi connectivity index (χ0v) is 84.9. The van der Waals surface area contributed by atoms with E-state index in [0.29, 0.717) is 51.1 Å². The van der Waals surface area contributed by atoms with Gasteiger partial charge in [-0.25, -0.2) is 9.97 Å². The Morgan fingerprint density at radius 2 is 0.739 bits per heavy atom. The second kappa shape index (κ2) is 33.9. The molecule has 12 unspecified atom stereocenters. The molecule has 11 nitrogen and oxygen atoms in total. The molecule has 4 saturated heterocycles. The number of aromatic nitrogens is 2. The summed E-state index contributed by atoms with van der Waals surface area (Å²) in [4.78, 5) is 21.1. The van der Waals surface area contributed by atoms with E-state index < -0.39 is 123 Å². The van der Waals surface area contributed by atoms with Crippen LogP contribution in [0.15, 0.2) is 232 Å². The van der Waals surface area contributed by atoms with Crippen LogP contribution in [0.4, 0.5) is 45.6 Å². The van der Waals surface area contributed by atoms with Gasteiger partial charge in [0.15, 0.2) is 16.7 Å². The average Bonchev–Trinajstić information content (AvgIpc) is 1.44. The second-order valence-corrected chi connectivity index (χ2v) is 45.1. The van der Waals surface area contributed by atoms with Crippen LogP contribution in [0.2, 0.25) is 0 Å². The minimum Gasteiger partial charge on any atom is -0.454 e. The van der Waals surface area contributed by atoms with Crippen molar-refractivity contribution in [2.75, 3.05) is 29.4 Å². The van der Waals surface area contributed by atoms with E-state index in [9.17, 15) is 5.48 Å². The van der Waals surface area contributed by atoms with Crippen molar-refractivity contribution in [3.05, 3.63) is 263 Å². The number of pyridine rings is 2. The number of rotatable bonds is 6. The van der Waals surface area contributed by atoms with E-state index in [1.165, 1.54) is 63.6 Å². The Labute approximate surface area is 862 Å². The summed E-state index contributed by atoms with van der Waals surface area (Å²) in [7, 11) is 0. The van der Waals surface area contributed by atoms with Crippen LogP contribution in [-0.2, 0) is 10.8 Å². The smallest absolute Gasteiger partial charge is 0.227 e. The van der Waals surface area contributed by atoms with E-state index in [4.69, 9.17) is 43.4 Å². The number of fused-ring (bicyclic) bond motifs is 15. The van der Waals surface area contributed by atoms with Crippen LogP contribution >= 0.6 is 0 Å². The third-order valence-corrected chi connectivity index (χ3v) is 34.8. The summed E-state index contributed by atoms with van der Waals surface area (Å²) >= 11 is 0. The van der Waals surface area contributed by atoms with Crippen molar-refractivity contribution >= 4 is 112 Å². The number of para-hydroxylation sites is 6. The number of hydrogen-bond acceptors (Lipinski definition) is 11. The summed E-state index contributed by atoms with van der Waals surface area (Å²) in [6.07, 6.45) is 7.97. The molecule has 5 aliphatic carbocycles. The molecule has 9 fully saturated rings. The maximum Gasteiger partial charge on any atom is 0.227 e. The summed E-state index contributed by atoms with van der Waals surface area (Å²) in [5.41, 5.74) is 6.97. The Kier molecular flexibility index (Phi) is 16.8. The molecule has 12 atom stereocenters. The van der Waals surface area contributed by atoms with E-state index in [1.807, 2.05) is 188 Å². The highest BCUT2D eigenvalue weighted by atomic mass is 16.3. The van der Waals surface area contributed by atoms with Gasteiger partial charge in [-0.1, -0.05) is 226 Å². The number of hydrogen-bond donors (Lipinski definition) is 0. The molecule has 138 heavy (non-hydrogen) atoms. The molecule has 9 aromatic carbocycles. The third kappa shape index (κ3) is 15.0. The van der Waals surface area contributed by atoms with Gasteiger partial charge >= 0.3 is 0 Å². The highest BCUT2D eigenvalue weighted by molar-refractivity contribution is 6.12. The molecule has 5 saturated carbocycles. The molecule has 724 valence electrons. The van der Waals surface area contributed by atoms with Crippen LogP contribution in [0.25, 0.3) is 65.9 Å². The normalized spacial score (nSPS) is 33.7. The average molecular weight is 1870 g/mol. The van der Waals surface area contributed by atoms with E-state index in [1.54, 1.807) is 56.0 Å². The van der Waals surface area contributed by atoms with Crippen LogP contribution in [0.1, 0.15) is 322 Å². The molecule has 5 aromatic heterocycles. The Bertz CT molecular complexity index is 7800. The Morgan fingerprint density at radius 3 is 1.25 bits per heavy atom. The van der Waals surface area contributed by atoms with Crippen LogP contribution in [0.5, 0.6) is 0 Å². The minimum atomic E-state index is -3.09. The first-order chi connectivity index (χ1) is 76.0. The monoisotopic (exact) mass is 1870 g/mol. The van der Waals surface area contributed by atoms with Crippen molar-refractivity contribution in [2.45, 2.75) is 352 Å². The Morgan fingerprint density at radius 1 is 0.333 bits per heavy atom. The largest absolute Gasteiger partial charge is 0.454 e. The molecule has 11 heteroatoms. The van der Waals surface area contributed by atoms with Gasteiger partial charge in [0.25, 0.3) is 0 Å². The van der Waals surface area contributed by atoms with Gasteiger partial charge in [-0.3, -0.25) is 0 Å². The van der Waals surface area contributed by atoms with Crippen LogP contribution in [0, 0.1) is 92.3 Å². The molecule has 25 rings (SSSR count). The Hall–Kier alpha value is -10.5. The highest BCUT2D eigenvalue weighted by Gasteiger charge is 2.81. The minimum absolute atomic E-state index is 0.116. The quantitative estimate of drug-likeness (QED) is 0.160. The van der Waals surface area contributed by atoms with Crippen molar-refractivity contribution in [3.8, 4) is 0 Å². The van der Waals surface area contributed by atoms with E-state index in [0.717, 1.165) is 149 Å². The zero-order valence-electron chi connectivity index (χ0n) is 111. The first-order valence-electron chi connectivity index (χ1n) is 63.6. The number of aryl methyl sites for hydroxylation is 6. The summed E-state index contributed by atoms with van der Waals surface area (Å²) in [6.45, 7) is 25.7. The predicted octanol–water partition coefficient (Wildman–Crippen LogP) is 34.0. The molecular formula is C127H158N8O3. The number of furan rings is 3. The molecule has 11 heterocycles. The highest BCUT2D eigenvalue weighted by Crippen LogP contribution is 2.86. The lowest BCUT2D eigenvalue weighted by atomic mass is 9.38. The van der Waals surface area contributed by atoms with E-state index >= 15 is 0 Å². The molecule has 14 aromatic rings. The van der Waals surface area contributed by atoms with Gasteiger partial charge in [-0.15, -0.1) is 0 Å². The van der Waals surface area contributed by atoms with Gasteiger partial charge in [0.05, 0.1) is 17.1 Å². The summed E-state index contributed by atoms with van der Waals surface area (Å²) < 4.78 is 240. The van der Waals surface area contributed by atoms with Crippen LogP contribution < -0.4 is 29.4 Å². The molecule has 0 radical (unpaired) electrons. The maximum atomic E-state index is 9.58. The fraction of sp³-hybridized carbons (Fsp3) is 0.496. The summed E-state index contributed by atoms with van der Waals surface area (Å²) in [6, 6.07) is 65.2. The van der Waals surface area contributed by atoms with Crippen molar-refractivity contribution in [1.29, 1.82) is 0 Å². The maximum absolute atomic E-state index is 9.58. The molecular weight excluding hydrogens is 1690 g/mol.